The Labute approximate surface area is 254 Å². The van der Waals surface area contributed by atoms with Crippen LogP contribution in [-0.2, 0) is 13.6 Å². The van der Waals surface area contributed by atoms with Crippen LogP contribution < -0.4 is 4.74 Å². The van der Waals surface area contributed by atoms with Gasteiger partial charge >= 0.3 is 5.97 Å². The minimum absolute atomic E-state index is 0.0282. The first kappa shape index (κ1) is 27.6. The number of hydrogen-bond acceptors (Lipinski definition) is 6. The predicted octanol–water partition coefficient (Wildman–Crippen LogP) is 5.45. The number of nitrogens with zero attached hydrogens (tertiary/aromatic N) is 6. The molecule has 1 fully saturated rings. The molecule has 3 heterocycles. The zero-order chi connectivity index (χ0) is 30.4. The molecule has 10 nitrogen and oxygen atoms in total. The number of amides is 1. The summed E-state index contributed by atoms with van der Waals surface area (Å²) < 4.78 is 9.59. The lowest BCUT2D eigenvalue weighted by molar-refractivity contribution is 0.0672. The Morgan fingerprint density at radius 3 is 2.57 bits per heavy atom. The number of aryl methyl sites for hydroxylation is 1. The molecule has 5 aromatic rings. The van der Waals surface area contributed by atoms with E-state index >= 15 is 0 Å². The molecule has 3 aromatic carbocycles. The number of aromatic carboxylic acids is 1. The number of para-hydroxylation sites is 1. The highest BCUT2D eigenvalue weighted by atomic mass is 16.5. The number of aromatic nitrogens is 5. The van der Waals surface area contributed by atoms with Gasteiger partial charge in [-0.1, -0.05) is 54.6 Å². The summed E-state index contributed by atoms with van der Waals surface area (Å²) in [5.41, 5.74) is 5.81. The minimum Gasteiger partial charge on any atom is -0.488 e. The van der Waals surface area contributed by atoms with Crippen molar-refractivity contribution in [2.45, 2.75) is 44.2 Å². The zero-order valence-corrected chi connectivity index (χ0v) is 24.5. The van der Waals surface area contributed by atoms with E-state index in [-0.39, 0.29) is 29.4 Å². The van der Waals surface area contributed by atoms with Crippen molar-refractivity contribution in [1.82, 2.24) is 29.7 Å². The van der Waals surface area contributed by atoms with Gasteiger partial charge in [-0.15, -0.1) is 5.10 Å². The topological polar surface area (TPSA) is 115 Å². The number of benzene rings is 3. The highest BCUT2D eigenvalue weighted by Gasteiger charge is 2.46. The summed E-state index contributed by atoms with van der Waals surface area (Å²) in [6.45, 7) is 3.06. The number of carbonyl (C=O) groups is 2. The molecule has 0 spiro atoms. The molecule has 1 saturated carbocycles. The van der Waals surface area contributed by atoms with Gasteiger partial charge < -0.3 is 14.7 Å². The molecule has 0 unspecified atom stereocenters. The highest BCUT2D eigenvalue weighted by molar-refractivity contribution is 5.95. The first-order valence-electron chi connectivity index (χ1n) is 14.8. The van der Waals surface area contributed by atoms with Crippen LogP contribution in [0.15, 0.2) is 85.2 Å². The van der Waals surface area contributed by atoms with Crippen LogP contribution in [0, 0.1) is 0 Å². The summed E-state index contributed by atoms with van der Waals surface area (Å²) in [6.07, 6.45) is 4.79. The number of hydrogen-bond donors (Lipinski definition) is 1. The van der Waals surface area contributed by atoms with E-state index in [0.717, 1.165) is 46.7 Å². The molecule has 1 N–H and O–H groups in total. The number of carbonyl (C=O) groups excluding carboxylic acids is 1. The van der Waals surface area contributed by atoms with Crippen LogP contribution in [0.3, 0.4) is 0 Å². The molecule has 0 radical (unpaired) electrons. The minimum atomic E-state index is -1.01. The molecule has 222 valence electrons. The first-order valence-corrected chi connectivity index (χ1v) is 14.8. The van der Waals surface area contributed by atoms with E-state index < -0.39 is 5.97 Å². The fourth-order valence-electron chi connectivity index (χ4n) is 6.13. The SMILES string of the molecule is CC[C@@H]1CN(C(=O)c2cccc(-c3cccc(-n4ncc(C(=O)O)c4[C@@H]4C[C@H]4c4cn(C)nn4)c3)c2)Cc2ccccc2O1. The maximum Gasteiger partial charge on any atom is 0.339 e. The van der Waals surface area contributed by atoms with Crippen molar-refractivity contribution in [2.75, 3.05) is 6.54 Å². The summed E-state index contributed by atoms with van der Waals surface area (Å²) in [7, 11) is 1.82. The lowest BCUT2D eigenvalue weighted by Crippen LogP contribution is -2.37. The molecule has 44 heavy (non-hydrogen) atoms. The van der Waals surface area contributed by atoms with Crippen molar-refractivity contribution in [1.29, 1.82) is 0 Å². The van der Waals surface area contributed by atoms with Crippen molar-refractivity contribution in [3.8, 4) is 22.6 Å². The zero-order valence-electron chi connectivity index (χ0n) is 24.5. The van der Waals surface area contributed by atoms with E-state index in [4.69, 9.17) is 4.74 Å². The Morgan fingerprint density at radius 2 is 1.80 bits per heavy atom. The van der Waals surface area contributed by atoms with Gasteiger partial charge in [-0.25, -0.2) is 9.48 Å². The molecule has 1 aliphatic heterocycles. The smallest absolute Gasteiger partial charge is 0.339 e. The lowest BCUT2D eigenvalue weighted by Gasteiger charge is -2.24. The van der Waals surface area contributed by atoms with E-state index in [1.54, 1.807) is 9.36 Å². The number of carboxylic acid groups (broad SMARTS) is 1. The molecule has 2 aromatic heterocycles. The van der Waals surface area contributed by atoms with Gasteiger partial charge in [0.2, 0.25) is 0 Å². The summed E-state index contributed by atoms with van der Waals surface area (Å²) in [6, 6.07) is 23.3. The fourth-order valence-corrected chi connectivity index (χ4v) is 6.13. The van der Waals surface area contributed by atoms with E-state index in [1.807, 2.05) is 90.9 Å². The average molecular weight is 589 g/mol. The van der Waals surface area contributed by atoms with E-state index in [2.05, 4.69) is 22.3 Å². The summed E-state index contributed by atoms with van der Waals surface area (Å²) in [4.78, 5) is 27.9. The van der Waals surface area contributed by atoms with Gasteiger partial charge in [0.25, 0.3) is 5.91 Å². The molecule has 1 amide bonds. The number of rotatable bonds is 7. The maximum atomic E-state index is 13.8. The molecule has 7 rings (SSSR count). The second-order valence-electron chi connectivity index (χ2n) is 11.5. The number of carboxylic acids is 1. The van der Waals surface area contributed by atoms with Crippen molar-refractivity contribution in [3.63, 3.8) is 0 Å². The Bertz CT molecular complexity index is 1880. The van der Waals surface area contributed by atoms with Gasteiger partial charge in [-0.05, 0) is 54.3 Å². The standard InChI is InChI=1S/C34H32N6O4/c1-3-26-19-39(18-24-8-4-5-13-31(24)44-26)33(41)23-11-6-9-21(14-23)22-10-7-12-25(15-22)40-32(29(17-35-40)34(42)43)28-16-27(28)30-20-38(2)37-36-30/h4-15,17,20,26-28H,3,16,18-19H2,1-2H3,(H,42,43)/t26-,27-,28-/m1/s1. The van der Waals surface area contributed by atoms with Crippen molar-refractivity contribution in [2.24, 2.45) is 7.05 Å². The Balaban J connectivity index is 1.18. The van der Waals surface area contributed by atoms with Crippen molar-refractivity contribution >= 4 is 11.9 Å². The van der Waals surface area contributed by atoms with Gasteiger partial charge in [0.15, 0.2) is 0 Å². The molecule has 1 aliphatic carbocycles. The molecule has 10 heteroatoms. The van der Waals surface area contributed by atoms with Crippen LogP contribution in [-0.4, -0.2) is 59.3 Å². The second-order valence-corrected chi connectivity index (χ2v) is 11.5. The first-order chi connectivity index (χ1) is 21.4. The van der Waals surface area contributed by atoms with Gasteiger partial charge in [0.1, 0.15) is 17.4 Å². The third-order valence-electron chi connectivity index (χ3n) is 8.51. The maximum absolute atomic E-state index is 13.8. The molecule has 0 bridgehead atoms. The average Bonchev–Trinajstić information content (AvgIpc) is 3.57. The lowest BCUT2D eigenvalue weighted by atomic mass is 10.0. The molecule has 0 saturated heterocycles. The Morgan fingerprint density at radius 1 is 1.00 bits per heavy atom. The summed E-state index contributed by atoms with van der Waals surface area (Å²) in [5, 5.41) is 22.8. The fraction of sp³-hybridized carbons (Fsp3) is 0.265. The van der Waals surface area contributed by atoms with Crippen molar-refractivity contribution < 1.29 is 19.4 Å². The Hall–Kier alpha value is -5.25. The summed E-state index contributed by atoms with van der Waals surface area (Å²) >= 11 is 0. The molecular weight excluding hydrogens is 556 g/mol. The summed E-state index contributed by atoms with van der Waals surface area (Å²) in [5.74, 6) is -0.166. The van der Waals surface area contributed by atoms with E-state index in [9.17, 15) is 14.7 Å². The van der Waals surface area contributed by atoms with Crippen LogP contribution in [0.25, 0.3) is 16.8 Å². The quantitative estimate of drug-likeness (QED) is 0.269. The van der Waals surface area contributed by atoms with E-state index in [1.165, 1.54) is 6.20 Å². The van der Waals surface area contributed by atoms with Crippen LogP contribution in [0.2, 0.25) is 0 Å². The van der Waals surface area contributed by atoms with Crippen LogP contribution in [0.5, 0.6) is 5.75 Å². The van der Waals surface area contributed by atoms with Gasteiger partial charge in [0.05, 0.1) is 29.8 Å². The van der Waals surface area contributed by atoms with Crippen LogP contribution in [0.1, 0.15) is 69.3 Å². The highest BCUT2D eigenvalue weighted by Crippen LogP contribution is 2.55. The van der Waals surface area contributed by atoms with E-state index in [0.29, 0.717) is 24.3 Å². The van der Waals surface area contributed by atoms with Crippen LogP contribution in [0.4, 0.5) is 0 Å². The van der Waals surface area contributed by atoms with Gasteiger partial charge in [-0.3, -0.25) is 9.48 Å². The van der Waals surface area contributed by atoms with Crippen LogP contribution >= 0.6 is 0 Å². The Kier molecular flexibility index (Phi) is 6.96. The molecular formula is C34H32N6O4. The number of fused-ring (bicyclic) bond motifs is 1. The predicted molar refractivity (Wildman–Crippen MR) is 163 cm³/mol. The molecule has 2 aliphatic rings. The normalized spacial score (nSPS) is 19.1. The largest absolute Gasteiger partial charge is 0.488 e. The molecule has 3 atom stereocenters. The number of ether oxygens (including phenoxy) is 1. The third kappa shape index (κ3) is 5.12. The van der Waals surface area contributed by atoms with Crippen molar-refractivity contribution in [3.05, 3.63) is 113 Å². The third-order valence-corrected chi connectivity index (χ3v) is 8.51. The van der Waals surface area contributed by atoms with Gasteiger partial charge in [0, 0.05) is 42.8 Å². The van der Waals surface area contributed by atoms with Gasteiger partial charge in [-0.2, -0.15) is 5.10 Å². The monoisotopic (exact) mass is 588 g/mol. The second kappa shape index (κ2) is 11.1.